The van der Waals surface area contributed by atoms with Crippen LogP contribution in [0, 0.1) is 5.41 Å². The Kier molecular flexibility index (Phi) is 5.29. The SMILES string of the molecule is CNc1cc(-c2ccc(N3OCO3)cc2)nc(-c2ccc3cc(OC)ccc3c2)c1C(=N)N. The first-order chi connectivity index (χ1) is 16.1. The minimum absolute atomic E-state index is 0.0503. The summed E-state index contributed by atoms with van der Waals surface area (Å²) < 4.78 is 5.33. The lowest BCUT2D eigenvalue weighted by molar-refractivity contribution is -0.277. The van der Waals surface area contributed by atoms with Crippen molar-refractivity contribution in [2.75, 3.05) is 31.5 Å². The summed E-state index contributed by atoms with van der Waals surface area (Å²) >= 11 is 0. The number of nitrogens with one attached hydrogen (secondary N) is 2. The molecule has 0 bridgehead atoms. The van der Waals surface area contributed by atoms with Crippen LogP contribution in [0.25, 0.3) is 33.3 Å². The van der Waals surface area contributed by atoms with Crippen molar-refractivity contribution in [1.29, 1.82) is 5.41 Å². The van der Waals surface area contributed by atoms with Crippen LogP contribution in [-0.4, -0.2) is 31.8 Å². The molecule has 0 unspecified atom stereocenters. The third kappa shape index (κ3) is 3.82. The zero-order valence-electron chi connectivity index (χ0n) is 18.3. The number of amidine groups is 1. The number of nitrogens with zero attached hydrogens (tertiary/aromatic N) is 2. The summed E-state index contributed by atoms with van der Waals surface area (Å²) in [7, 11) is 3.46. The van der Waals surface area contributed by atoms with E-state index in [0.717, 1.165) is 44.7 Å². The van der Waals surface area contributed by atoms with E-state index in [1.165, 1.54) is 5.23 Å². The normalized spacial score (nSPS) is 13.0. The molecule has 1 aromatic heterocycles. The average molecular weight is 441 g/mol. The van der Waals surface area contributed by atoms with Crippen LogP contribution in [0.5, 0.6) is 5.75 Å². The standard InChI is InChI=1S/C25H23N5O3/c1-28-22-13-21(15-5-8-19(9-6-15)30-32-14-33-30)29-24(23(22)25(26)27)18-4-3-17-12-20(31-2)10-7-16(17)11-18/h3-13H,14H2,1-2H3,(H3,26,27)(H,28,29). The molecular weight excluding hydrogens is 418 g/mol. The van der Waals surface area contributed by atoms with Crippen molar-refractivity contribution in [3.63, 3.8) is 0 Å². The van der Waals surface area contributed by atoms with Crippen LogP contribution in [0.3, 0.4) is 0 Å². The van der Waals surface area contributed by atoms with Crippen molar-refractivity contribution in [2.45, 2.75) is 0 Å². The highest BCUT2D eigenvalue weighted by Gasteiger charge is 2.19. The summed E-state index contributed by atoms with van der Waals surface area (Å²) in [5.41, 5.74) is 11.3. The lowest BCUT2D eigenvalue weighted by Crippen LogP contribution is -2.36. The highest BCUT2D eigenvalue weighted by molar-refractivity contribution is 6.07. The van der Waals surface area contributed by atoms with Crippen LogP contribution in [0.2, 0.25) is 0 Å². The molecule has 8 nitrogen and oxygen atoms in total. The van der Waals surface area contributed by atoms with Crippen LogP contribution < -0.4 is 21.0 Å². The van der Waals surface area contributed by atoms with E-state index in [1.807, 2.05) is 67.7 Å². The maximum atomic E-state index is 8.21. The van der Waals surface area contributed by atoms with Crippen LogP contribution >= 0.6 is 0 Å². The molecule has 4 N–H and O–H groups in total. The van der Waals surface area contributed by atoms with Crippen molar-refractivity contribution < 1.29 is 14.4 Å². The second-order valence-electron chi connectivity index (χ2n) is 7.55. The molecule has 0 atom stereocenters. The molecular formula is C25H23N5O3. The molecule has 1 aliphatic heterocycles. The fourth-order valence-corrected chi connectivity index (χ4v) is 3.88. The molecule has 3 aromatic carbocycles. The van der Waals surface area contributed by atoms with E-state index in [1.54, 1.807) is 7.11 Å². The number of aromatic nitrogens is 1. The van der Waals surface area contributed by atoms with Gasteiger partial charge < -0.3 is 15.8 Å². The number of fused-ring (bicyclic) bond motifs is 1. The quantitative estimate of drug-likeness (QED) is 0.298. The van der Waals surface area contributed by atoms with E-state index in [9.17, 15) is 0 Å². The summed E-state index contributed by atoms with van der Waals surface area (Å²) in [5.74, 6) is 0.750. The van der Waals surface area contributed by atoms with Crippen molar-refractivity contribution in [3.05, 3.63) is 72.3 Å². The van der Waals surface area contributed by atoms with E-state index in [4.69, 9.17) is 30.5 Å². The number of anilines is 2. The molecule has 0 spiro atoms. The predicted octanol–water partition coefficient (Wildman–Crippen LogP) is 4.54. The Morgan fingerprint density at radius 1 is 1.00 bits per heavy atom. The Morgan fingerprint density at radius 3 is 2.33 bits per heavy atom. The Hall–Kier alpha value is -4.14. The topological polar surface area (TPSA) is 106 Å². The third-order valence-corrected chi connectivity index (χ3v) is 5.59. The Morgan fingerprint density at radius 2 is 1.70 bits per heavy atom. The van der Waals surface area contributed by atoms with Crippen molar-refractivity contribution in [1.82, 2.24) is 4.98 Å². The summed E-state index contributed by atoms with van der Waals surface area (Å²) in [6, 6.07) is 21.6. The Labute approximate surface area is 190 Å². The third-order valence-electron chi connectivity index (χ3n) is 5.59. The molecule has 1 saturated heterocycles. The number of methoxy groups -OCH3 is 1. The summed E-state index contributed by atoms with van der Waals surface area (Å²) in [4.78, 5) is 15.3. The number of rotatable bonds is 6. The number of ether oxygens (including phenoxy) is 1. The molecule has 0 aliphatic carbocycles. The molecule has 1 aliphatic rings. The highest BCUT2D eigenvalue weighted by atomic mass is 17.1. The molecule has 166 valence electrons. The molecule has 2 heterocycles. The van der Waals surface area contributed by atoms with Gasteiger partial charge in [0.2, 0.25) is 6.79 Å². The van der Waals surface area contributed by atoms with Gasteiger partial charge in [0.05, 0.1) is 29.7 Å². The first-order valence-electron chi connectivity index (χ1n) is 10.4. The van der Waals surface area contributed by atoms with E-state index in [2.05, 4.69) is 11.4 Å². The molecule has 0 radical (unpaired) electrons. The van der Waals surface area contributed by atoms with Gasteiger partial charge in [0.15, 0.2) is 0 Å². The van der Waals surface area contributed by atoms with Gasteiger partial charge in [-0.25, -0.2) is 14.7 Å². The maximum Gasteiger partial charge on any atom is 0.205 e. The molecule has 0 amide bonds. The molecule has 33 heavy (non-hydrogen) atoms. The number of pyridine rings is 1. The lowest BCUT2D eigenvalue weighted by Gasteiger charge is -2.29. The van der Waals surface area contributed by atoms with Gasteiger partial charge in [0.25, 0.3) is 0 Å². The van der Waals surface area contributed by atoms with Crippen molar-refractivity contribution in [2.24, 2.45) is 5.73 Å². The van der Waals surface area contributed by atoms with E-state index < -0.39 is 0 Å². The molecule has 5 rings (SSSR count). The molecule has 4 aromatic rings. The van der Waals surface area contributed by atoms with Crippen LogP contribution in [0.1, 0.15) is 5.56 Å². The van der Waals surface area contributed by atoms with Gasteiger partial charge in [0, 0.05) is 23.9 Å². The molecule has 0 saturated carbocycles. The van der Waals surface area contributed by atoms with Gasteiger partial charge in [-0.15, -0.1) is 5.23 Å². The average Bonchev–Trinajstić information content (AvgIpc) is 2.81. The Bertz CT molecular complexity index is 1350. The minimum Gasteiger partial charge on any atom is -0.497 e. The van der Waals surface area contributed by atoms with Gasteiger partial charge in [-0.1, -0.05) is 30.3 Å². The lowest BCUT2D eigenvalue weighted by atomic mass is 9.98. The van der Waals surface area contributed by atoms with E-state index in [0.29, 0.717) is 11.3 Å². The van der Waals surface area contributed by atoms with Crippen molar-refractivity contribution in [3.8, 4) is 28.3 Å². The second kappa shape index (κ2) is 8.42. The van der Waals surface area contributed by atoms with Crippen molar-refractivity contribution >= 4 is 28.0 Å². The summed E-state index contributed by atoms with van der Waals surface area (Å²) in [6.07, 6.45) is 0. The number of nitrogen functional groups attached to an aromatic ring is 1. The van der Waals surface area contributed by atoms with Gasteiger partial charge in [0.1, 0.15) is 11.6 Å². The number of hydrogen-bond acceptors (Lipinski definition) is 7. The Balaban J connectivity index is 1.63. The largest absolute Gasteiger partial charge is 0.497 e. The minimum atomic E-state index is -0.0503. The van der Waals surface area contributed by atoms with Gasteiger partial charge in [-0.3, -0.25) is 5.41 Å². The fraction of sp³-hybridized carbons (Fsp3) is 0.120. The van der Waals surface area contributed by atoms with Crippen LogP contribution in [0.4, 0.5) is 11.4 Å². The van der Waals surface area contributed by atoms with Crippen LogP contribution in [0.15, 0.2) is 66.7 Å². The van der Waals surface area contributed by atoms with Gasteiger partial charge >= 0.3 is 0 Å². The zero-order valence-corrected chi connectivity index (χ0v) is 18.3. The summed E-state index contributed by atoms with van der Waals surface area (Å²) in [5, 5.41) is 14.8. The van der Waals surface area contributed by atoms with Crippen LogP contribution in [-0.2, 0) is 9.68 Å². The fourth-order valence-electron chi connectivity index (χ4n) is 3.88. The maximum absolute atomic E-state index is 8.21. The molecule has 8 heteroatoms. The predicted molar refractivity (Wildman–Crippen MR) is 129 cm³/mol. The number of benzene rings is 3. The van der Waals surface area contributed by atoms with E-state index >= 15 is 0 Å². The first-order valence-corrected chi connectivity index (χ1v) is 10.4. The summed E-state index contributed by atoms with van der Waals surface area (Å²) in [6.45, 7) is 0.253. The molecule has 1 fully saturated rings. The van der Waals surface area contributed by atoms with Gasteiger partial charge in [-0.2, -0.15) is 0 Å². The number of hydrogen-bond donors (Lipinski definition) is 3. The highest BCUT2D eigenvalue weighted by Crippen LogP contribution is 2.34. The zero-order chi connectivity index (χ0) is 22.9. The van der Waals surface area contributed by atoms with E-state index in [-0.39, 0.29) is 12.6 Å². The second-order valence-corrected chi connectivity index (χ2v) is 7.55. The smallest absolute Gasteiger partial charge is 0.205 e. The number of nitrogens with two attached hydrogens (primary N) is 1. The first kappa shape index (κ1) is 20.7. The van der Waals surface area contributed by atoms with Gasteiger partial charge in [-0.05, 0) is 47.2 Å². The monoisotopic (exact) mass is 441 g/mol.